The molecule has 0 heterocycles. The van der Waals surface area contributed by atoms with E-state index in [1.165, 1.54) is 16.0 Å². The zero-order chi connectivity index (χ0) is 8.43. The summed E-state index contributed by atoms with van der Waals surface area (Å²) in [7, 11) is 0.399. The van der Waals surface area contributed by atoms with Crippen LogP contribution in [0.15, 0.2) is 23.1 Å². The maximum Gasteiger partial charge on any atom is 0.157 e. The summed E-state index contributed by atoms with van der Waals surface area (Å²) in [5.41, 5.74) is 2.79. The van der Waals surface area contributed by atoms with Crippen molar-refractivity contribution in [3.05, 3.63) is 29.3 Å². The van der Waals surface area contributed by atoms with Gasteiger partial charge >= 0.3 is 0 Å². The van der Waals surface area contributed by atoms with Crippen LogP contribution in [-0.4, -0.2) is 12.5 Å². The van der Waals surface area contributed by atoms with Gasteiger partial charge in [-0.3, -0.25) is 0 Å². The molecule has 0 unspecified atom stereocenters. The second kappa shape index (κ2) is 3.31. The average molecular weight is 167 g/mol. The highest BCUT2D eigenvalue weighted by atomic mass is 32.2. The van der Waals surface area contributed by atoms with Crippen LogP contribution in [0, 0.1) is 13.8 Å². The van der Waals surface area contributed by atoms with Crippen molar-refractivity contribution in [2.75, 3.05) is 12.5 Å². The van der Waals surface area contributed by atoms with E-state index in [1.807, 2.05) is 0 Å². The lowest BCUT2D eigenvalue weighted by Gasteiger charge is -2.01. The van der Waals surface area contributed by atoms with Crippen molar-refractivity contribution in [3.63, 3.8) is 0 Å². The van der Waals surface area contributed by atoms with Crippen LogP contribution in [-0.2, 0) is 10.9 Å². The molecule has 0 N–H and O–H groups in total. The third kappa shape index (κ3) is 2.00. The van der Waals surface area contributed by atoms with Crippen LogP contribution in [0.4, 0.5) is 0 Å². The lowest BCUT2D eigenvalue weighted by Crippen LogP contribution is -1.98. The fourth-order valence-corrected chi connectivity index (χ4v) is 2.28. The molecule has 0 atom stereocenters. The van der Waals surface area contributed by atoms with Crippen molar-refractivity contribution in [1.82, 2.24) is 0 Å². The maximum absolute atomic E-state index is 2.29. The number of benzene rings is 1. The SMILES string of the molecule is Cc1ccc(C)c([S+](C)C)c1. The molecule has 1 aromatic rings. The standard InChI is InChI=1S/C10H15S/c1-8-5-6-9(2)10(7-8)11(3)4/h5-7H,1-4H3/q+1. The van der Waals surface area contributed by atoms with E-state index in [-0.39, 0.29) is 0 Å². The lowest BCUT2D eigenvalue weighted by atomic mass is 10.2. The molecule has 0 saturated carbocycles. The summed E-state index contributed by atoms with van der Waals surface area (Å²) in [6.45, 7) is 4.33. The molecule has 0 fully saturated rings. The summed E-state index contributed by atoms with van der Waals surface area (Å²) >= 11 is 0. The first-order valence-corrected chi connectivity index (χ1v) is 5.80. The Balaban J connectivity index is 3.13. The highest BCUT2D eigenvalue weighted by molar-refractivity contribution is 7.95. The van der Waals surface area contributed by atoms with Crippen molar-refractivity contribution in [1.29, 1.82) is 0 Å². The van der Waals surface area contributed by atoms with Crippen molar-refractivity contribution < 1.29 is 0 Å². The summed E-state index contributed by atoms with van der Waals surface area (Å²) < 4.78 is 0. The normalized spacial score (nSPS) is 10.6. The van der Waals surface area contributed by atoms with Crippen LogP contribution >= 0.6 is 0 Å². The Morgan fingerprint density at radius 2 is 1.73 bits per heavy atom. The second-order valence-corrected chi connectivity index (χ2v) is 5.16. The lowest BCUT2D eigenvalue weighted by molar-refractivity contribution is 1.25. The van der Waals surface area contributed by atoms with Gasteiger partial charge in [0, 0.05) is 16.5 Å². The fraction of sp³-hybridized carbons (Fsp3) is 0.400. The number of aryl methyl sites for hydroxylation is 2. The third-order valence-corrected chi connectivity index (χ3v) is 3.10. The largest absolute Gasteiger partial charge is 0.157 e. The molecule has 0 bridgehead atoms. The summed E-state index contributed by atoms with van der Waals surface area (Å²) in [5.74, 6) is 0. The van der Waals surface area contributed by atoms with Gasteiger partial charge < -0.3 is 0 Å². The quantitative estimate of drug-likeness (QED) is 0.564. The van der Waals surface area contributed by atoms with Crippen molar-refractivity contribution in [3.8, 4) is 0 Å². The summed E-state index contributed by atoms with van der Waals surface area (Å²) in [6.07, 6.45) is 4.53. The summed E-state index contributed by atoms with van der Waals surface area (Å²) in [5, 5.41) is 0. The first kappa shape index (κ1) is 8.66. The summed E-state index contributed by atoms with van der Waals surface area (Å²) in [4.78, 5) is 1.50. The predicted molar refractivity (Wildman–Crippen MR) is 53.4 cm³/mol. The van der Waals surface area contributed by atoms with E-state index in [0.717, 1.165) is 0 Å². The Morgan fingerprint density at radius 3 is 2.18 bits per heavy atom. The Bertz CT molecular complexity index is 251. The van der Waals surface area contributed by atoms with E-state index in [4.69, 9.17) is 0 Å². The van der Waals surface area contributed by atoms with E-state index in [1.54, 1.807) is 0 Å². The molecule has 1 aromatic carbocycles. The molecule has 1 heteroatoms. The first-order valence-electron chi connectivity index (χ1n) is 3.76. The predicted octanol–water partition coefficient (Wildman–Crippen LogP) is 2.54. The van der Waals surface area contributed by atoms with E-state index in [0.29, 0.717) is 10.9 Å². The topological polar surface area (TPSA) is 0 Å². The van der Waals surface area contributed by atoms with Crippen molar-refractivity contribution >= 4 is 10.9 Å². The smallest absolute Gasteiger partial charge is 0.0587 e. The minimum absolute atomic E-state index is 0.399. The Kier molecular flexibility index (Phi) is 2.61. The summed E-state index contributed by atoms with van der Waals surface area (Å²) in [6, 6.07) is 6.67. The van der Waals surface area contributed by atoms with Gasteiger partial charge in [-0.05, 0) is 25.5 Å². The van der Waals surface area contributed by atoms with Gasteiger partial charge in [0.05, 0.1) is 0 Å². The van der Waals surface area contributed by atoms with Gasteiger partial charge in [-0.25, -0.2) is 0 Å². The molecule has 0 radical (unpaired) electrons. The molecule has 0 spiro atoms. The molecule has 0 aliphatic heterocycles. The van der Waals surface area contributed by atoms with E-state index >= 15 is 0 Å². The van der Waals surface area contributed by atoms with Gasteiger partial charge in [-0.2, -0.15) is 0 Å². The molecule has 0 amide bonds. The zero-order valence-electron chi connectivity index (χ0n) is 7.64. The Hall–Kier alpha value is -0.430. The van der Waals surface area contributed by atoms with E-state index in [9.17, 15) is 0 Å². The molecular weight excluding hydrogens is 152 g/mol. The van der Waals surface area contributed by atoms with Crippen molar-refractivity contribution in [2.24, 2.45) is 0 Å². The van der Waals surface area contributed by atoms with Crippen LogP contribution in [0.25, 0.3) is 0 Å². The fourth-order valence-electron chi connectivity index (χ4n) is 1.15. The molecule has 0 aliphatic carbocycles. The highest BCUT2D eigenvalue weighted by Crippen LogP contribution is 2.16. The maximum atomic E-state index is 2.29. The molecule has 0 aromatic heterocycles. The van der Waals surface area contributed by atoms with E-state index < -0.39 is 0 Å². The molecule has 0 aliphatic rings. The zero-order valence-corrected chi connectivity index (χ0v) is 8.46. The molecule has 60 valence electrons. The van der Waals surface area contributed by atoms with Crippen LogP contribution in [0.2, 0.25) is 0 Å². The monoisotopic (exact) mass is 167 g/mol. The van der Waals surface area contributed by atoms with Gasteiger partial charge in [0.15, 0.2) is 4.90 Å². The van der Waals surface area contributed by atoms with Crippen LogP contribution in [0.3, 0.4) is 0 Å². The Morgan fingerprint density at radius 1 is 1.09 bits per heavy atom. The second-order valence-electron chi connectivity index (χ2n) is 3.09. The van der Waals surface area contributed by atoms with Gasteiger partial charge in [-0.15, -0.1) is 0 Å². The van der Waals surface area contributed by atoms with Gasteiger partial charge in [0.1, 0.15) is 12.5 Å². The Labute approximate surface area is 72.0 Å². The number of hydrogen-bond donors (Lipinski definition) is 0. The molecule has 11 heavy (non-hydrogen) atoms. The molecule has 1 rings (SSSR count). The third-order valence-electron chi connectivity index (χ3n) is 1.78. The highest BCUT2D eigenvalue weighted by Gasteiger charge is 2.10. The van der Waals surface area contributed by atoms with Crippen LogP contribution in [0.1, 0.15) is 11.1 Å². The minimum Gasteiger partial charge on any atom is -0.0587 e. The minimum atomic E-state index is 0.399. The van der Waals surface area contributed by atoms with Crippen LogP contribution in [0.5, 0.6) is 0 Å². The van der Waals surface area contributed by atoms with Gasteiger partial charge in [0.2, 0.25) is 0 Å². The number of rotatable bonds is 1. The van der Waals surface area contributed by atoms with Crippen LogP contribution < -0.4 is 0 Å². The van der Waals surface area contributed by atoms with Gasteiger partial charge in [-0.1, -0.05) is 12.1 Å². The van der Waals surface area contributed by atoms with E-state index in [2.05, 4.69) is 44.6 Å². The average Bonchev–Trinajstić information content (AvgIpc) is 1.94. The first-order chi connectivity index (χ1) is 5.11. The molecular formula is C10H15S+. The number of hydrogen-bond acceptors (Lipinski definition) is 0. The molecule has 0 nitrogen and oxygen atoms in total. The van der Waals surface area contributed by atoms with Crippen molar-refractivity contribution in [2.45, 2.75) is 18.7 Å². The van der Waals surface area contributed by atoms with Gasteiger partial charge in [0.25, 0.3) is 0 Å². The molecule has 0 saturated heterocycles.